The molecule has 0 aliphatic heterocycles. The Labute approximate surface area is 84.1 Å². The molecule has 0 fully saturated rings. The van der Waals surface area contributed by atoms with Crippen LogP contribution in [-0.2, 0) is 14.3 Å². The van der Waals surface area contributed by atoms with Crippen molar-refractivity contribution < 1.29 is 14.3 Å². The van der Waals surface area contributed by atoms with Gasteiger partial charge in [0, 0.05) is 5.92 Å². The predicted octanol–water partition coefficient (Wildman–Crippen LogP) is 1.72. The Morgan fingerprint density at radius 2 is 2.14 bits per heavy atom. The lowest BCUT2D eigenvalue weighted by atomic mass is 9.76. The van der Waals surface area contributed by atoms with Gasteiger partial charge in [-0.2, -0.15) is 0 Å². The number of ether oxygens (including phenoxy) is 1. The third kappa shape index (κ3) is 1.72. The van der Waals surface area contributed by atoms with Gasteiger partial charge in [-0.3, -0.25) is 9.59 Å². The average molecular weight is 196 g/mol. The van der Waals surface area contributed by atoms with Gasteiger partial charge < -0.3 is 4.74 Å². The molecule has 0 heterocycles. The summed E-state index contributed by atoms with van der Waals surface area (Å²) >= 11 is 0. The van der Waals surface area contributed by atoms with Crippen molar-refractivity contribution in [1.82, 2.24) is 0 Å². The number of rotatable bonds is 2. The maximum absolute atomic E-state index is 11.6. The Morgan fingerprint density at radius 1 is 1.57 bits per heavy atom. The first-order chi connectivity index (χ1) is 6.39. The van der Waals surface area contributed by atoms with Crippen LogP contribution in [0.15, 0.2) is 11.6 Å². The van der Waals surface area contributed by atoms with Crippen molar-refractivity contribution >= 4 is 11.8 Å². The molecular formula is C11H16O3. The van der Waals surface area contributed by atoms with Gasteiger partial charge in [-0.05, 0) is 18.4 Å². The minimum absolute atomic E-state index is 0.0397. The molecule has 3 heteroatoms. The van der Waals surface area contributed by atoms with E-state index in [2.05, 4.69) is 4.74 Å². The molecule has 3 nitrogen and oxygen atoms in total. The standard InChI is InChI=1S/C11H16O3/c1-7-5-9(12)8(11(7,2)3)6-10(13)14-4/h5,8H,6H2,1-4H3. The first-order valence-corrected chi connectivity index (χ1v) is 4.69. The van der Waals surface area contributed by atoms with Gasteiger partial charge >= 0.3 is 5.97 Å². The number of esters is 1. The summed E-state index contributed by atoms with van der Waals surface area (Å²) in [5.41, 5.74) is 0.821. The molecule has 1 rings (SSSR count). The summed E-state index contributed by atoms with van der Waals surface area (Å²) in [5.74, 6) is -0.535. The van der Waals surface area contributed by atoms with E-state index >= 15 is 0 Å². The van der Waals surface area contributed by atoms with Gasteiger partial charge in [-0.15, -0.1) is 0 Å². The second-order valence-electron chi connectivity index (χ2n) is 4.28. The highest BCUT2D eigenvalue weighted by atomic mass is 16.5. The van der Waals surface area contributed by atoms with E-state index in [0.717, 1.165) is 5.57 Å². The van der Waals surface area contributed by atoms with Gasteiger partial charge in [0.05, 0.1) is 13.5 Å². The number of carbonyl (C=O) groups is 2. The Morgan fingerprint density at radius 3 is 2.50 bits per heavy atom. The van der Waals surface area contributed by atoms with Crippen LogP contribution in [0.4, 0.5) is 0 Å². The molecule has 0 aromatic rings. The topological polar surface area (TPSA) is 43.4 Å². The van der Waals surface area contributed by atoms with Gasteiger partial charge in [0.25, 0.3) is 0 Å². The van der Waals surface area contributed by atoms with E-state index in [1.54, 1.807) is 6.08 Å². The number of allylic oxidation sites excluding steroid dienone is 2. The maximum Gasteiger partial charge on any atom is 0.306 e. The van der Waals surface area contributed by atoms with Gasteiger partial charge in [-0.25, -0.2) is 0 Å². The van der Waals surface area contributed by atoms with Crippen LogP contribution in [0.1, 0.15) is 27.2 Å². The van der Waals surface area contributed by atoms with Crippen LogP contribution in [0, 0.1) is 11.3 Å². The van der Waals surface area contributed by atoms with Crippen molar-refractivity contribution in [3.63, 3.8) is 0 Å². The van der Waals surface area contributed by atoms with Crippen molar-refractivity contribution in [2.45, 2.75) is 27.2 Å². The molecule has 1 atom stereocenters. The number of ketones is 1. The van der Waals surface area contributed by atoms with Gasteiger partial charge in [0.15, 0.2) is 5.78 Å². The quantitative estimate of drug-likeness (QED) is 0.631. The van der Waals surface area contributed by atoms with E-state index in [0.29, 0.717) is 0 Å². The summed E-state index contributed by atoms with van der Waals surface area (Å²) in [5, 5.41) is 0. The SMILES string of the molecule is COC(=O)CC1C(=O)C=C(C)C1(C)C. The number of hydrogen-bond acceptors (Lipinski definition) is 3. The zero-order chi connectivity index (χ0) is 10.9. The van der Waals surface area contributed by atoms with Gasteiger partial charge in [0.2, 0.25) is 0 Å². The molecular weight excluding hydrogens is 180 g/mol. The second kappa shape index (κ2) is 3.56. The lowest BCUT2D eigenvalue weighted by Crippen LogP contribution is -2.28. The lowest BCUT2D eigenvalue weighted by Gasteiger charge is -2.27. The smallest absolute Gasteiger partial charge is 0.306 e. The molecule has 14 heavy (non-hydrogen) atoms. The van der Waals surface area contributed by atoms with Crippen LogP contribution >= 0.6 is 0 Å². The normalized spacial score (nSPS) is 24.7. The Hall–Kier alpha value is -1.12. The molecule has 1 unspecified atom stereocenters. The van der Waals surface area contributed by atoms with Gasteiger partial charge in [0.1, 0.15) is 0 Å². The summed E-state index contributed by atoms with van der Waals surface area (Å²) in [4.78, 5) is 22.7. The lowest BCUT2D eigenvalue weighted by molar-refractivity contribution is -0.144. The molecule has 0 saturated carbocycles. The van der Waals surface area contributed by atoms with E-state index in [1.807, 2.05) is 20.8 Å². The largest absolute Gasteiger partial charge is 0.469 e. The molecule has 0 aromatic carbocycles. The highest BCUT2D eigenvalue weighted by Gasteiger charge is 2.41. The molecule has 0 radical (unpaired) electrons. The minimum atomic E-state index is -0.320. The zero-order valence-electron chi connectivity index (χ0n) is 9.09. The number of hydrogen-bond donors (Lipinski definition) is 0. The zero-order valence-corrected chi connectivity index (χ0v) is 9.09. The molecule has 0 amide bonds. The Balaban J connectivity index is 2.81. The fraction of sp³-hybridized carbons (Fsp3) is 0.636. The fourth-order valence-corrected chi connectivity index (χ4v) is 1.74. The first kappa shape index (κ1) is 11.0. The molecule has 0 bridgehead atoms. The molecule has 0 aromatic heterocycles. The van der Waals surface area contributed by atoms with Crippen molar-refractivity contribution in [2.75, 3.05) is 7.11 Å². The fourth-order valence-electron chi connectivity index (χ4n) is 1.74. The molecule has 0 N–H and O–H groups in total. The van der Waals surface area contributed by atoms with Crippen molar-refractivity contribution in [3.8, 4) is 0 Å². The molecule has 1 aliphatic rings. The highest BCUT2D eigenvalue weighted by Crippen LogP contribution is 2.42. The van der Waals surface area contributed by atoms with E-state index in [-0.39, 0.29) is 29.5 Å². The summed E-state index contributed by atoms with van der Waals surface area (Å²) < 4.78 is 4.57. The number of methoxy groups -OCH3 is 1. The highest BCUT2D eigenvalue weighted by molar-refractivity contribution is 5.98. The summed E-state index contributed by atoms with van der Waals surface area (Å²) in [6, 6.07) is 0. The van der Waals surface area contributed by atoms with E-state index in [1.165, 1.54) is 7.11 Å². The average Bonchev–Trinajstić information content (AvgIpc) is 2.28. The van der Waals surface area contributed by atoms with Crippen LogP contribution in [-0.4, -0.2) is 18.9 Å². The van der Waals surface area contributed by atoms with Crippen LogP contribution in [0.2, 0.25) is 0 Å². The van der Waals surface area contributed by atoms with Crippen LogP contribution in [0.5, 0.6) is 0 Å². The van der Waals surface area contributed by atoms with E-state index in [9.17, 15) is 9.59 Å². The monoisotopic (exact) mass is 196 g/mol. The molecule has 0 saturated heterocycles. The maximum atomic E-state index is 11.6. The Kier molecular flexibility index (Phi) is 2.79. The molecule has 78 valence electrons. The predicted molar refractivity (Wildman–Crippen MR) is 52.7 cm³/mol. The van der Waals surface area contributed by atoms with Crippen LogP contribution in [0.25, 0.3) is 0 Å². The minimum Gasteiger partial charge on any atom is -0.469 e. The van der Waals surface area contributed by atoms with Crippen LogP contribution < -0.4 is 0 Å². The van der Waals surface area contributed by atoms with Crippen molar-refractivity contribution in [2.24, 2.45) is 11.3 Å². The third-order valence-corrected chi connectivity index (χ3v) is 3.19. The first-order valence-electron chi connectivity index (χ1n) is 4.69. The number of carbonyl (C=O) groups excluding carboxylic acids is 2. The van der Waals surface area contributed by atoms with E-state index in [4.69, 9.17) is 0 Å². The van der Waals surface area contributed by atoms with Crippen molar-refractivity contribution in [3.05, 3.63) is 11.6 Å². The van der Waals surface area contributed by atoms with E-state index < -0.39 is 0 Å². The summed E-state index contributed by atoms with van der Waals surface area (Å²) in [6.45, 7) is 5.89. The Bertz CT molecular complexity index is 300. The van der Waals surface area contributed by atoms with Crippen LogP contribution in [0.3, 0.4) is 0 Å². The van der Waals surface area contributed by atoms with Crippen molar-refractivity contribution in [1.29, 1.82) is 0 Å². The molecule has 0 spiro atoms. The third-order valence-electron chi connectivity index (χ3n) is 3.19. The second-order valence-corrected chi connectivity index (χ2v) is 4.28. The van der Waals surface area contributed by atoms with Gasteiger partial charge in [-0.1, -0.05) is 19.4 Å². The molecule has 1 aliphatic carbocycles. The summed E-state index contributed by atoms with van der Waals surface area (Å²) in [7, 11) is 1.34. The summed E-state index contributed by atoms with van der Waals surface area (Å²) in [6.07, 6.45) is 1.81.